The second-order valence-electron chi connectivity index (χ2n) is 2.82. The Labute approximate surface area is 85.5 Å². The van der Waals surface area contributed by atoms with Gasteiger partial charge in [-0.25, -0.2) is 9.36 Å². The number of nitrogens with one attached hydrogen (secondary N) is 1. The van der Waals surface area contributed by atoms with Crippen LogP contribution in [-0.2, 0) is 18.7 Å². The van der Waals surface area contributed by atoms with Gasteiger partial charge in [0.15, 0.2) is 6.04 Å². The Morgan fingerprint density at radius 1 is 1.40 bits per heavy atom. The molecule has 0 fully saturated rings. The fraction of sp³-hybridized carbons (Fsp3) is 0.667. The molecule has 0 heterocycles. The summed E-state index contributed by atoms with van der Waals surface area (Å²) in [7, 11) is -4.77. The largest absolute Gasteiger partial charge is 0.480 e. The molecule has 0 bridgehead atoms. The first-order valence-electron chi connectivity index (χ1n) is 3.87. The second-order valence-corrected chi connectivity index (χ2v) is 4.01. The highest BCUT2D eigenvalue weighted by Crippen LogP contribution is 2.38. The first-order chi connectivity index (χ1) is 6.63. The molecule has 0 rings (SSSR count). The minimum Gasteiger partial charge on any atom is -0.480 e. The van der Waals surface area contributed by atoms with Gasteiger partial charge in [0.2, 0.25) is 5.91 Å². The number of rotatable bonds is 5. The maximum Gasteiger partial charge on any atom is 0.469 e. The number of carbonyl (C=O) groups is 2. The molecule has 9 heteroatoms. The van der Waals surface area contributed by atoms with Gasteiger partial charge in [-0.1, -0.05) is 0 Å². The van der Waals surface area contributed by atoms with Crippen molar-refractivity contribution in [1.29, 1.82) is 0 Å². The van der Waals surface area contributed by atoms with Gasteiger partial charge in [0.05, 0.1) is 6.10 Å². The predicted molar refractivity (Wildman–Crippen MR) is 47.8 cm³/mol. The molecule has 2 atom stereocenters. The zero-order chi connectivity index (χ0) is 12.2. The molecule has 0 aliphatic rings. The number of carboxylic acid groups (broad SMARTS) is 1. The SMILES string of the molecule is CC(=O)NC(C(=O)O)C(C)OP(=O)(O)O. The van der Waals surface area contributed by atoms with Gasteiger partial charge in [-0.15, -0.1) is 0 Å². The third-order valence-electron chi connectivity index (χ3n) is 1.40. The van der Waals surface area contributed by atoms with Crippen LogP contribution in [-0.4, -0.2) is 38.9 Å². The predicted octanol–water partition coefficient (Wildman–Crippen LogP) is -0.926. The van der Waals surface area contributed by atoms with Gasteiger partial charge < -0.3 is 20.2 Å². The molecule has 4 N–H and O–H groups in total. The second kappa shape index (κ2) is 5.22. The van der Waals surface area contributed by atoms with Crippen molar-refractivity contribution in [2.45, 2.75) is 26.0 Å². The van der Waals surface area contributed by atoms with Crippen LogP contribution in [0.3, 0.4) is 0 Å². The van der Waals surface area contributed by atoms with Crippen molar-refractivity contribution in [2.75, 3.05) is 0 Å². The Morgan fingerprint density at radius 3 is 2.13 bits per heavy atom. The van der Waals surface area contributed by atoms with E-state index < -0.39 is 31.8 Å². The summed E-state index contributed by atoms with van der Waals surface area (Å²) in [5.41, 5.74) is 0. The molecule has 0 saturated heterocycles. The van der Waals surface area contributed by atoms with Gasteiger partial charge in [-0.2, -0.15) is 0 Å². The zero-order valence-corrected chi connectivity index (χ0v) is 8.97. The zero-order valence-electron chi connectivity index (χ0n) is 8.08. The minimum absolute atomic E-state index is 0.636. The van der Waals surface area contributed by atoms with Crippen LogP contribution in [0.1, 0.15) is 13.8 Å². The highest BCUT2D eigenvalue weighted by Gasteiger charge is 2.31. The van der Waals surface area contributed by atoms with E-state index in [0.717, 1.165) is 13.8 Å². The Hall–Kier alpha value is -0.950. The fourth-order valence-electron chi connectivity index (χ4n) is 0.876. The summed E-state index contributed by atoms with van der Waals surface area (Å²) in [6, 6.07) is -1.50. The van der Waals surface area contributed by atoms with Gasteiger partial charge in [0.1, 0.15) is 0 Å². The number of carbonyl (C=O) groups excluding carboxylic acids is 1. The van der Waals surface area contributed by atoms with Crippen LogP contribution in [0.2, 0.25) is 0 Å². The van der Waals surface area contributed by atoms with Gasteiger partial charge in [-0.3, -0.25) is 9.32 Å². The number of phosphoric acid groups is 1. The Kier molecular flexibility index (Phi) is 4.89. The minimum atomic E-state index is -4.77. The summed E-state index contributed by atoms with van der Waals surface area (Å²) in [5.74, 6) is -2.07. The quantitative estimate of drug-likeness (QED) is 0.457. The monoisotopic (exact) mass is 241 g/mol. The first-order valence-corrected chi connectivity index (χ1v) is 5.40. The molecule has 88 valence electrons. The van der Waals surface area contributed by atoms with E-state index in [1.807, 2.05) is 5.32 Å². The van der Waals surface area contributed by atoms with Crippen LogP contribution >= 0.6 is 7.82 Å². The van der Waals surface area contributed by atoms with E-state index in [2.05, 4.69) is 4.52 Å². The lowest BCUT2D eigenvalue weighted by Gasteiger charge is -2.21. The van der Waals surface area contributed by atoms with Gasteiger partial charge in [0, 0.05) is 6.92 Å². The van der Waals surface area contributed by atoms with E-state index in [4.69, 9.17) is 14.9 Å². The molecule has 0 aliphatic carbocycles. The molecule has 2 unspecified atom stereocenters. The Balaban J connectivity index is 4.56. The molecule has 0 spiro atoms. The van der Waals surface area contributed by atoms with Crippen LogP contribution < -0.4 is 5.32 Å². The van der Waals surface area contributed by atoms with Crippen molar-refractivity contribution in [3.63, 3.8) is 0 Å². The van der Waals surface area contributed by atoms with Crippen molar-refractivity contribution in [1.82, 2.24) is 5.32 Å². The van der Waals surface area contributed by atoms with Crippen molar-refractivity contribution in [3.8, 4) is 0 Å². The summed E-state index contributed by atoms with van der Waals surface area (Å²) in [6.45, 7) is 2.22. The van der Waals surface area contributed by atoms with Crippen molar-refractivity contribution < 1.29 is 33.6 Å². The smallest absolute Gasteiger partial charge is 0.469 e. The summed E-state index contributed by atoms with van der Waals surface area (Å²) in [5, 5.41) is 10.6. The molecule has 0 aromatic rings. The fourth-order valence-corrected chi connectivity index (χ4v) is 1.43. The third kappa shape index (κ3) is 6.19. The lowest BCUT2D eigenvalue weighted by molar-refractivity contribution is -0.144. The Morgan fingerprint density at radius 2 is 1.87 bits per heavy atom. The lowest BCUT2D eigenvalue weighted by atomic mass is 10.2. The third-order valence-corrected chi connectivity index (χ3v) is 2.00. The molecular formula is C6H12NO7P. The van der Waals surface area contributed by atoms with Crippen LogP contribution in [0.15, 0.2) is 0 Å². The van der Waals surface area contributed by atoms with E-state index in [9.17, 15) is 14.2 Å². The van der Waals surface area contributed by atoms with Gasteiger partial charge in [0.25, 0.3) is 0 Å². The molecule has 0 aliphatic heterocycles. The highest BCUT2D eigenvalue weighted by atomic mass is 31.2. The normalized spacial score (nSPS) is 15.5. The summed E-state index contributed by atoms with van der Waals surface area (Å²) >= 11 is 0. The number of phosphoric ester groups is 1. The summed E-state index contributed by atoms with van der Waals surface area (Å²) in [6.07, 6.45) is -1.34. The van der Waals surface area contributed by atoms with Crippen LogP contribution in [0, 0.1) is 0 Å². The van der Waals surface area contributed by atoms with Crippen LogP contribution in [0.25, 0.3) is 0 Å². The first kappa shape index (κ1) is 14.1. The standard InChI is InChI=1S/C6H12NO7P/c1-3(14-15(11,12)13)5(6(9)10)7-4(2)8/h3,5H,1-2H3,(H,7,8)(H,9,10)(H2,11,12,13). The van der Waals surface area contributed by atoms with Crippen LogP contribution in [0.5, 0.6) is 0 Å². The van der Waals surface area contributed by atoms with Crippen molar-refractivity contribution in [3.05, 3.63) is 0 Å². The number of carboxylic acids is 1. The average molecular weight is 241 g/mol. The van der Waals surface area contributed by atoms with Crippen molar-refractivity contribution in [2.24, 2.45) is 0 Å². The van der Waals surface area contributed by atoms with Gasteiger partial charge in [-0.05, 0) is 6.92 Å². The topological polar surface area (TPSA) is 133 Å². The van der Waals surface area contributed by atoms with E-state index in [1.165, 1.54) is 0 Å². The lowest BCUT2D eigenvalue weighted by Crippen LogP contribution is -2.47. The maximum atomic E-state index is 10.6. The molecule has 0 aromatic heterocycles. The van der Waals surface area contributed by atoms with E-state index in [-0.39, 0.29) is 0 Å². The molecule has 15 heavy (non-hydrogen) atoms. The van der Waals surface area contributed by atoms with Crippen LogP contribution in [0.4, 0.5) is 0 Å². The Bertz CT molecular complexity index is 298. The van der Waals surface area contributed by atoms with Crippen molar-refractivity contribution >= 4 is 19.7 Å². The number of hydrogen-bond donors (Lipinski definition) is 4. The highest BCUT2D eigenvalue weighted by molar-refractivity contribution is 7.46. The average Bonchev–Trinajstić information content (AvgIpc) is 1.95. The molecule has 0 radical (unpaired) electrons. The number of amides is 1. The molecular weight excluding hydrogens is 229 g/mol. The number of aliphatic carboxylic acids is 1. The molecule has 0 aromatic carbocycles. The van der Waals surface area contributed by atoms with Gasteiger partial charge >= 0.3 is 13.8 Å². The number of hydrogen-bond acceptors (Lipinski definition) is 4. The van der Waals surface area contributed by atoms with E-state index in [1.54, 1.807) is 0 Å². The van der Waals surface area contributed by atoms with E-state index in [0.29, 0.717) is 0 Å². The summed E-state index contributed by atoms with van der Waals surface area (Å²) < 4.78 is 14.6. The van der Waals surface area contributed by atoms with E-state index >= 15 is 0 Å². The maximum absolute atomic E-state index is 10.6. The summed E-state index contributed by atoms with van der Waals surface area (Å²) in [4.78, 5) is 38.1. The molecule has 0 saturated carbocycles. The molecule has 1 amide bonds. The molecule has 8 nitrogen and oxygen atoms in total.